The number of aromatic nitrogens is 2. The monoisotopic (exact) mass is 255 g/mol. The van der Waals surface area contributed by atoms with E-state index in [-0.39, 0.29) is 11.7 Å². The zero-order valence-electron chi connectivity index (χ0n) is 11.4. The summed E-state index contributed by atoms with van der Waals surface area (Å²) in [5.74, 6) is 1.39. The Balaban J connectivity index is 1.93. The van der Waals surface area contributed by atoms with Crippen LogP contribution in [0.2, 0.25) is 0 Å². The summed E-state index contributed by atoms with van der Waals surface area (Å²) >= 11 is 0. The third-order valence-electron chi connectivity index (χ3n) is 3.14. The van der Waals surface area contributed by atoms with E-state index in [0.717, 1.165) is 13.1 Å². The molecule has 2 heterocycles. The van der Waals surface area contributed by atoms with Gasteiger partial charge < -0.3 is 19.3 Å². The van der Waals surface area contributed by atoms with Crippen molar-refractivity contribution in [3.63, 3.8) is 0 Å². The largest absolute Gasteiger partial charge is 0.373 e. The molecule has 6 nitrogen and oxygen atoms in total. The third-order valence-corrected chi connectivity index (χ3v) is 3.14. The van der Waals surface area contributed by atoms with E-state index in [1.807, 2.05) is 0 Å². The summed E-state index contributed by atoms with van der Waals surface area (Å²) in [5.41, 5.74) is -0.104. The summed E-state index contributed by atoms with van der Waals surface area (Å²) in [6, 6.07) is 0. The molecule has 1 unspecified atom stereocenters. The number of ether oxygens (including phenoxy) is 2. The number of rotatable bonds is 6. The van der Waals surface area contributed by atoms with Gasteiger partial charge in [-0.25, -0.2) is 0 Å². The van der Waals surface area contributed by atoms with E-state index >= 15 is 0 Å². The van der Waals surface area contributed by atoms with Gasteiger partial charge in [-0.3, -0.25) is 0 Å². The van der Waals surface area contributed by atoms with Gasteiger partial charge in [0, 0.05) is 20.2 Å². The van der Waals surface area contributed by atoms with Gasteiger partial charge in [-0.15, -0.1) is 0 Å². The van der Waals surface area contributed by atoms with Crippen molar-refractivity contribution in [1.29, 1.82) is 0 Å². The smallest absolute Gasteiger partial charge is 0.252 e. The van der Waals surface area contributed by atoms with Gasteiger partial charge in [0.2, 0.25) is 5.82 Å². The first-order chi connectivity index (χ1) is 8.54. The average Bonchev–Trinajstić information content (AvgIpc) is 2.73. The Morgan fingerprint density at radius 2 is 2.17 bits per heavy atom. The second-order valence-electron chi connectivity index (χ2n) is 5.29. The second-order valence-corrected chi connectivity index (χ2v) is 5.29. The highest BCUT2D eigenvalue weighted by Gasteiger charge is 2.33. The molecule has 2 rings (SSSR count). The van der Waals surface area contributed by atoms with Crippen molar-refractivity contribution in [2.75, 3.05) is 20.2 Å². The van der Waals surface area contributed by atoms with Crippen LogP contribution < -0.4 is 5.32 Å². The maximum absolute atomic E-state index is 5.74. The van der Waals surface area contributed by atoms with Crippen molar-refractivity contribution in [3.8, 4) is 0 Å². The minimum Gasteiger partial charge on any atom is -0.373 e. The van der Waals surface area contributed by atoms with Gasteiger partial charge in [-0.2, -0.15) is 4.98 Å². The van der Waals surface area contributed by atoms with Crippen molar-refractivity contribution >= 4 is 0 Å². The number of nitrogens with zero attached hydrogens (tertiary/aromatic N) is 2. The van der Waals surface area contributed by atoms with E-state index in [0.29, 0.717) is 24.2 Å². The summed E-state index contributed by atoms with van der Waals surface area (Å²) < 4.78 is 16.3. The Labute approximate surface area is 107 Å². The van der Waals surface area contributed by atoms with Crippen LogP contribution in [0.3, 0.4) is 0 Å². The van der Waals surface area contributed by atoms with Gasteiger partial charge in [0.25, 0.3) is 5.89 Å². The average molecular weight is 255 g/mol. The number of methoxy groups -OCH3 is 1. The highest BCUT2D eigenvalue weighted by Crippen LogP contribution is 2.23. The molecule has 0 aliphatic carbocycles. The maximum Gasteiger partial charge on any atom is 0.252 e. The zero-order valence-corrected chi connectivity index (χ0v) is 11.4. The Morgan fingerprint density at radius 3 is 2.67 bits per heavy atom. The van der Waals surface area contributed by atoms with Gasteiger partial charge in [-0.05, 0) is 12.8 Å². The Hall–Kier alpha value is -0.980. The van der Waals surface area contributed by atoms with Crippen molar-refractivity contribution in [1.82, 2.24) is 15.5 Å². The van der Waals surface area contributed by atoms with Crippen molar-refractivity contribution in [2.45, 2.75) is 39.1 Å². The molecule has 1 aliphatic heterocycles. The first-order valence-corrected chi connectivity index (χ1v) is 6.24. The van der Waals surface area contributed by atoms with E-state index in [9.17, 15) is 0 Å². The van der Waals surface area contributed by atoms with Gasteiger partial charge >= 0.3 is 0 Å². The molecule has 1 aromatic rings. The predicted molar refractivity (Wildman–Crippen MR) is 64.9 cm³/mol. The molecule has 18 heavy (non-hydrogen) atoms. The SMILES string of the molecule is COC(c1noc(COC2(C)CNC2)n1)C(C)C. The van der Waals surface area contributed by atoms with Gasteiger partial charge in [-0.1, -0.05) is 19.0 Å². The standard InChI is InChI=1S/C12H21N3O3/c1-8(2)10(16-4)11-14-9(18-15-11)5-17-12(3)6-13-7-12/h8,10,13H,5-7H2,1-4H3. The Kier molecular flexibility index (Phi) is 3.99. The molecule has 6 heteroatoms. The van der Waals surface area contributed by atoms with Crippen LogP contribution in [0.25, 0.3) is 0 Å². The molecule has 0 aromatic carbocycles. The van der Waals surface area contributed by atoms with Crippen LogP contribution in [0.15, 0.2) is 4.52 Å². The number of hydrogen-bond acceptors (Lipinski definition) is 6. The quantitative estimate of drug-likeness (QED) is 0.826. The lowest BCUT2D eigenvalue weighted by Crippen LogP contribution is -2.58. The molecule has 1 aromatic heterocycles. The molecule has 1 saturated heterocycles. The molecule has 0 radical (unpaired) electrons. The van der Waals surface area contributed by atoms with E-state index < -0.39 is 0 Å². The van der Waals surface area contributed by atoms with Crippen LogP contribution in [0.5, 0.6) is 0 Å². The van der Waals surface area contributed by atoms with Crippen LogP contribution in [0, 0.1) is 5.92 Å². The summed E-state index contributed by atoms with van der Waals surface area (Å²) in [4.78, 5) is 4.32. The lowest BCUT2D eigenvalue weighted by Gasteiger charge is -2.38. The zero-order chi connectivity index (χ0) is 13.2. The van der Waals surface area contributed by atoms with Crippen molar-refractivity contribution in [3.05, 3.63) is 11.7 Å². The van der Waals surface area contributed by atoms with Crippen LogP contribution in [0.4, 0.5) is 0 Å². The van der Waals surface area contributed by atoms with Crippen LogP contribution in [-0.2, 0) is 16.1 Å². The van der Waals surface area contributed by atoms with E-state index in [4.69, 9.17) is 14.0 Å². The van der Waals surface area contributed by atoms with E-state index in [2.05, 4.69) is 36.2 Å². The van der Waals surface area contributed by atoms with E-state index in [1.165, 1.54) is 0 Å². The predicted octanol–water partition coefficient (Wildman–Crippen LogP) is 1.29. The van der Waals surface area contributed by atoms with E-state index in [1.54, 1.807) is 7.11 Å². The summed E-state index contributed by atoms with van der Waals surface area (Å²) in [6.45, 7) is 8.25. The molecule has 1 atom stereocenters. The third kappa shape index (κ3) is 2.88. The molecular formula is C12H21N3O3. The molecule has 1 N–H and O–H groups in total. The molecule has 102 valence electrons. The van der Waals surface area contributed by atoms with Crippen LogP contribution in [0.1, 0.15) is 38.6 Å². The first kappa shape index (κ1) is 13.5. The molecule has 0 spiro atoms. The number of nitrogens with one attached hydrogen (secondary N) is 1. The molecular weight excluding hydrogens is 234 g/mol. The molecule has 0 saturated carbocycles. The lowest BCUT2D eigenvalue weighted by molar-refractivity contribution is -0.0841. The minimum absolute atomic E-state index is 0.104. The van der Waals surface area contributed by atoms with Crippen LogP contribution >= 0.6 is 0 Å². The number of hydrogen-bond donors (Lipinski definition) is 1. The Morgan fingerprint density at radius 1 is 1.44 bits per heavy atom. The normalized spacial score (nSPS) is 19.8. The first-order valence-electron chi connectivity index (χ1n) is 6.24. The summed E-state index contributed by atoms with van der Waals surface area (Å²) in [7, 11) is 1.65. The fraction of sp³-hybridized carbons (Fsp3) is 0.833. The molecule has 1 aliphatic rings. The maximum atomic E-state index is 5.74. The van der Waals surface area contributed by atoms with Crippen molar-refractivity contribution in [2.24, 2.45) is 5.92 Å². The summed E-state index contributed by atoms with van der Waals surface area (Å²) in [6.07, 6.45) is -0.136. The van der Waals surface area contributed by atoms with Gasteiger partial charge in [0.15, 0.2) is 0 Å². The molecule has 0 bridgehead atoms. The summed E-state index contributed by atoms with van der Waals surface area (Å²) in [5, 5.41) is 7.12. The topological polar surface area (TPSA) is 69.4 Å². The highest BCUT2D eigenvalue weighted by molar-refractivity contribution is 4.94. The highest BCUT2D eigenvalue weighted by atomic mass is 16.5. The van der Waals surface area contributed by atoms with Crippen molar-refractivity contribution < 1.29 is 14.0 Å². The second kappa shape index (κ2) is 5.34. The van der Waals surface area contributed by atoms with Gasteiger partial charge in [0.1, 0.15) is 12.7 Å². The van der Waals surface area contributed by atoms with Crippen LogP contribution in [-0.4, -0.2) is 35.9 Å². The molecule has 1 fully saturated rings. The minimum atomic E-state index is -0.136. The Bertz CT molecular complexity index is 388. The fourth-order valence-electron chi connectivity index (χ4n) is 1.93. The lowest BCUT2D eigenvalue weighted by atomic mass is 10.0. The molecule has 0 amide bonds. The fourth-order valence-corrected chi connectivity index (χ4v) is 1.93. The van der Waals surface area contributed by atoms with Gasteiger partial charge in [0.05, 0.1) is 5.60 Å².